The third kappa shape index (κ3) is 4.52. The van der Waals surface area contributed by atoms with E-state index >= 15 is 0 Å². The molecule has 3 rings (SSSR count). The number of nitrogens with one attached hydrogen (secondary N) is 1. The van der Waals surface area contributed by atoms with Crippen LogP contribution in [-0.2, 0) is 17.4 Å². The molecule has 1 amide bonds. The van der Waals surface area contributed by atoms with Crippen molar-refractivity contribution in [2.24, 2.45) is 4.99 Å². The van der Waals surface area contributed by atoms with Crippen LogP contribution >= 0.6 is 35.0 Å². The molecule has 136 valence electrons. The lowest BCUT2D eigenvalue weighted by atomic mass is 10.1. The quantitative estimate of drug-likeness (QED) is 0.717. The molecule has 0 saturated carbocycles. The maximum atomic E-state index is 12.9. The molecule has 1 N–H and O–H groups in total. The Balaban J connectivity index is 1.77. The Morgan fingerprint density at radius 2 is 1.81 bits per heavy atom. The summed E-state index contributed by atoms with van der Waals surface area (Å²) in [5.41, 5.74) is 0.0761. The number of carbonyl (C=O) groups excluding carboxylic acids is 1. The Morgan fingerprint density at radius 1 is 1.12 bits per heavy atom. The zero-order chi connectivity index (χ0) is 18.9. The molecule has 1 saturated heterocycles. The molecule has 2 aromatic rings. The molecule has 1 aliphatic rings. The minimum atomic E-state index is -4.47. The van der Waals surface area contributed by atoms with E-state index in [9.17, 15) is 18.0 Å². The number of benzene rings is 2. The number of aliphatic imine (C=N–C) groups is 1. The maximum absolute atomic E-state index is 12.9. The molecule has 0 spiro atoms. The Labute approximate surface area is 161 Å². The number of nitrogens with zero attached hydrogens (tertiary/aromatic N) is 1. The first-order chi connectivity index (χ1) is 12.2. The Hall–Kier alpha value is -1.70. The highest BCUT2D eigenvalue weighted by molar-refractivity contribution is 8.15. The van der Waals surface area contributed by atoms with Crippen molar-refractivity contribution < 1.29 is 18.0 Å². The van der Waals surface area contributed by atoms with Gasteiger partial charge in [0.1, 0.15) is 0 Å². The smallest absolute Gasteiger partial charge is 0.304 e. The van der Waals surface area contributed by atoms with Crippen LogP contribution in [0.25, 0.3) is 0 Å². The van der Waals surface area contributed by atoms with Crippen molar-refractivity contribution in [3.05, 3.63) is 63.6 Å². The molecular weight excluding hydrogens is 408 g/mol. The Kier molecular flexibility index (Phi) is 5.50. The van der Waals surface area contributed by atoms with Crippen LogP contribution in [0.1, 0.15) is 11.1 Å². The summed E-state index contributed by atoms with van der Waals surface area (Å²) in [6.45, 7) is 0. The molecule has 0 aromatic heterocycles. The summed E-state index contributed by atoms with van der Waals surface area (Å²) in [6, 6.07) is 9.81. The number of carbonyl (C=O) groups is 1. The van der Waals surface area contributed by atoms with Gasteiger partial charge in [-0.1, -0.05) is 35.0 Å². The van der Waals surface area contributed by atoms with Crippen LogP contribution in [0.4, 0.5) is 18.9 Å². The van der Waals surface area contributed by atoms with E-state index in [0.29, 0.717) is 15.9 Å². The average Bonchev–Trinajstić information content (AvgIpc) is 2.90. The van der Waals surface area contributed by atoms with Gasteiger partial charge in [-0.25, -0.2) is 4.99 Å². The van der Waals surface area contributed by atoms with Gasteiger partial charge in [0.2, 0.25) is 5.91 Å². The van der Waals surface area contributed by atoms with Gasteiger partial charge in [-0.15, -0.1) is 0 Å². The van der Waals surface area contributed by atoms with Gasteiger partial charge in [-0.3, -0.25) is 4.79 Å². The lowest BCUT2D eigenvalue weighted by Gasteiger charge is -2.12. The summed E-state index contributed by atoms with van der Waals surface area (Å²) in [5.74, 6) is -0.323. The van der Waals surface area contributed by atoms with Crippen molar-refractivity contribution in [1.82, 2.24) is 5.32 Å². The highest BCUT2D eigenvalue weighted by Gasteiger charge is 2.33. The normalized spacial score (nSPS) is 19.0. The molecular formula is C17H11Cl2F3N2OS. The van der Waals surface area contributed by atoms with E-state index in [1.165, 1.54) is 6.07 Å². The van der Waals surface area contributed by atoms with E-state index in [-0.39, 0.29) is 22.9 Å². The summed E-state index contributed by atoms with van der Waals surface area (Å²) >= 11 is 13.0. The zero-order valence-electron chi connectivity index (χ0n) is 13.0. The molecule has 1 unspecified atom stereocenters. The third-order valence-corrected chi connectivity index (χ3v) is 5.31. The molecule has 1 heterocycles. The highest BCUT2D eigenvalue weighted by Crippen LogP contribution is 2.34. The average molecular weight is 419 g/mol. The molecule has 1 aliphatic heterocycles. The molecule has 9 heteroatoms. The number of alkyl halides is 3. The fourth-order valence-corrected chi connectivity index (χ4v) is 3.67. The third-order valence-electron chi connectivity index (χ3n) is 3.61. The monoisotopic (exact) mass is 418 g/mol. The SMILES string of the molecule is O=C1NC(=Nc2ccc(Cl)cc2)SC1Cc1cc(C(F)(F)F)ccc1Cl. The summed E-state index contributed by atoms with van der Waals surface area (Å²) in [6.07, 6.45) is -4.40. The molecule has 0 radical (unpaired) electrons. The van der Waals surface area contributed by atoms with Crippen molar-refractivity contribution in [3.8, 4) is 0 Å². The van der Waals surface area contributed by atoms with E-state index in [1.54, 1.807) is 24.3 Å². The first-order valence-corrected chi connectivity index (χ1v) is 9.03. The molecule has 2 aromatic carbocycles. The predicted octanol–water partition coefficient (Wildman–Crippen LogP) is 5.47. The van der Waals surface area contributed by atoms with Gasteiger partial charge in [-0.05, 0) is 54.4 Å². The zero-order valence-corrected chi connectivity index (χ0v) is 15.3. The van der Waals surface area contributed by atoms with Gasteiger partial charge < -0.3 is 5.32 Å². The first kappa shape index (κ1) is 19.1. The van der Waals surface area contributed by atoms with Crippen molar-refractivity contribution in [2.45, 2.75) is 17.8 Å². The van der Waals surface area contributed by atoms with Crippen LogP contribution < -0.4 is 5.32 Å². The van der Waals surface area contributed by atoms with Gasteiger partial charge in [-0.2, -0.15) is 13.2 Å². The van der Waals surface area contributed by atoms with Gasteiger partial charge >= 0.3 is 6.18 Å². The molecule has 1 atom stereocenters. The fraction of sp³-hybridized carbons (Fsp3) is 0.176. The predicted molar refractivity (Wildman–Crippen MR) is 98.2 cm³/mol. The second-order valence-corrected chi connectivity index (χ2v) is 7.53. The van der Waals surface area contributed by atoms with E-state index in [4.69, 9.17) is 23.2 Å². The molecule has 0 aliphatic carbocycles. The first-order valence-electron chi connectivity index (χ1n) is 7.40. The van der Waals surface area contributed by atoms with Crippen LogP contribution in [0, 0.1) is 0 Å². The minimum absolute atomic E-state index is 0.0683. The molecule has 0 bridgehead atoms. The summed E-state index contributed by atoms with van der Waals surface area (Å²) < 4.78 is 38.6. The van der Waals surface area contributed by atoms with E-state index < -0.39 is 17.0 Å². The lowest BCUT2D eigenvalue weighted by molar-refractivity contribution is -0.137. The molecule has 1 fully saturated rings. The number of hydrogen-bond acceptors (Lipinski definition) is 3. The van der Waals surface area contributed by atoms with Crippen LogP contribution in [0.3, 0.4) is 0 Å². The standard InChI is InChI=1S/C17H11Cl2F3N2OS/c18-11-2-4-12(5-3-11)23-16-24-15(25)14(26-16)8-9-7-10(17(20,21)22)1-6-13(9)19/h1-7,14H,8H2,(H,23,24,25). The molecule has 3 nitrogen and oxygen atoms in total. The van der Waals surface area contributed by atoms with Crippen molar-refractivity contribution in [1.29, 1.82) is 0 Å². The fourth-order valence-electron chi connectivity index (χ4n) is 2.33. The van der Waals surface area contributed by atoms with Gasteiger partial charge in [0.15, 0.2) is 5.17 Å². The summed E-state index contributed by atoms with van der Waals surface area (Å²) in [7, 11) is 0. The Bertz CT molecular complexity index is 869. The second kappa shape index (κ2) is 7.50. The van der Waals surface area contributed by atoms with Crippen molar-refractivity contribution >= 4 is 51.7 Å². The topological polar surface area (TPSA) is 41.5 Å². The number of halogens is 5. The van der Waals surface area contributed by atoms with Gasteiger partial charge in [0, 0.05) is 10.0 Å². The lowest BCUT2D eigenvalue weighted by Crippen LogP contribution is -2.26. The number of amidine groups is 1. The van der Waals surface area contributed by atoms with Crippen molar-refractivity contribution in [2.75, 3.05) is 0 Å². The maximum Gasteiger partial charge on any atom is 0.416 e. The minimum Gasteiger partial charge on any atom is -0.304 e. The van der Waals surface area contributed by atoms with E-state index in [0.717, 1.165) is 23.9 Å². The number of hydrogen-bond donors (Lipinski definition) is 1. The Morgan fingerprint density at radius 3 is 2.46 bits per heavy atom. The van der Waals surface area contributed by atoms with E-state index in [1.807, 2.05) is 0 Å². The number of thioether (sulfide) groups is 1. The van der Waals surface area contributed by atoms with Crippen LogP contribution in [0.2, 0.25) is 10.0 Å². The van der Waals surface area contributed by atoms with Crippen molar-refractivity contribution in [3.63, 3.8) is 0 Å². The van der Waals surface area contributed by atoms with Crippen LogP contribution in [0.15, 0.2) is 47.5 Å². The largest absolute Gasteiger partial charge is 0.416 e. The van der Waals surface area contributed by atoms with Gasteiger partial charge in [0.25, 0.3) is 0 Å². The van der Waals surface area contributed by atoms with Crippen LogP contribution in [-0.4, -0.2) is 16.3 Å². The van der Waals surface area contributed by atoms with Gasteiger partial charge in [0.05, 0.1) is 16.5 Å². The van der Waals surface area contributed by atoms with E-state index in [2.05, 4.69) is 10.3 Å². The molecule has 26 heavy (non-hydrogen) atoms. The number of amides is 1. The van der Waals surface area contributed by atoms with Crippen LogP contribution in [0.5, 0.6) is 0 Å². The summed E-state index contributed by atoms with van der Waals surface area (Å²) in [4.78, 5) is 16.4. The highest BCUT2D eigenvalue weighted by atomic mass is 35.5. The second-order valence-electron chi connectivity index (χ2n) is 5.50. The summed E-state index contributed by atoms with van der Waals surface area (Å²) in [5, 5.41) is 3.15. The number of rotatable bonds is 3.